The Hall–Kier alpha value is -4.14. The minimum absolute atomic E-state index is 0.131. The third kappa shape index (κ3) is 7.69. The maximum atomic E-state index is 13.2. The van der Waals surface area contributed by atoms with Crippen molar-refractivity contribution in [3.63, 3.8) is 0 Å². The van der Waals surface area contributed by atoms with Gasteiger partial charge in [0, 0.05) is 18.5 Å². The van der Waals surface area contributed by atoms with Crippen LogP contribution >= 0.6 is 23.2 Å². The third-order valence-electron chi connectivity index (χ3n) is 5.77. The normalized spacial score (nSPS) is 12.4. The molecule has 1 heterocycles. The summed E-state index contributed by atoms with van der Waals surface area (Å²) in [5, 5.41) is 23.0. The van der Waals surface area contributed by atoms with Gasteiger partial charge >= 0.3 is 5.97 Å². The van der Waals surface area contributed by atoms with E-state index in [1.165, 1.54) is 26.4 Å². The van der Waals surface area contributed by atoms with Gasteiger partial charge in [-0.2, -0.15) is 0 Å². The Labute approximate surface area is 236 Å². The summed E-state index contributed by atoms with van der Waals surface area (Å²) < 4.78 is 16.7. The molecule has 3 aromatic rings. The van der Waals surface area contributed by atoms with Gasteiger partial charge in [0.2, 0.25) is 0 Å². The quantitative estimate of drug-likeness (QED) is 0.137. The molecular formula is C29H29Cl2N2O6+. The molecule has 1 atom stereocenters. The van der Waals surface area contributed by atoms with Crippen LogP contribution in [0.5, 0.6) is 11.5 Å². The number of pyridine rings is 1. The number of nitrogens with one attached hydrogen (secondary N) is 2. The fourth-order valence-electron chi connectivity index (χ4n) is 3.69. The highest BCUT2D eigenvalue weighted by molar-refractivity contribution is 6.35. The van der Waals surface area contributed by atoms with Gasteiger partial charge in [0.1, 0.15) is 33.9 Å². The first-order valence-electron chi connectivity index (χ1n) is 11.8. The van der Waals surface area contributed by atoms with Crippen molar-refractivity contribution in [2.24, 2.45) is 0 Å². The number of halogens is 2. The molecule has 204 valence electrons. The average molecular weight is 572 g/mol. The lowest BCUT2D eigenvalue weighted by Gasteiger charge is -2.20. The second-order valence-electron chi connectivity index (χ2n) is 8.22. The number of ether oxygens (including phenoxy) is 3. The maximum absolute atomic E-state index is 13.2. The van der Waals surface area contributed by atoms with Gasteiger partial charge in [-0.15, -0.1) is 0 Å². The summed E-state index contributed by atoms with van der Waals surface area (Å²) in [7, 11) is 3.06. The molecular weight excluding hydrogens is 543 g/mol. The van der Waals surface area contributed by atoms with Crippen LogP contribution in [0.2, 0.25) is 10.0 Å². The molecule has 0 aliphatic heterocycles. The van der Waals surface area contributed by atoms with Gasteiger partial charge in [-0.1, -0.05) is 54.1 Å². The van der Waals surface area contributed by atoms with Crippen LogP contribution in [-0.2, 0) is 17.7 Å². The molecule has 0 unspecified atom stereocenters. The lowest BCUT2D eigenvalue weighted by molar-refractivity contribution is -0.377. The smallest absolute Gasteiger partial charge is 0.338 e. The van der Waals surface area contributed by atoms with E-state index in [0.717, 1.165) is 11.8 Å². The number of H-pyrrole nitrogens is 1. The molecule has 0 saturated heterocycles. The first-order chi connectivity index (χ1) is 18.8. The van der Waals surface area contributed by atoms with E-state index < -0.39 is 12.1 Å². The van der Waals surface area contributed by atoms with Gasteiger partial charge in [0.15, 0.2) is 23.9 Å². The van der Waals surface area contributed by atoms with Crippen molar-refractivity contribution in [2.75, 3.05) is 14.2 Å². The van der Waals surface area contributed by atoms with E-state index in [4.69, 9.17) is 37.4 Å². The van der Waals surface area contributed by atoms with Crippen LogP contribution in [0.15, 0.2) is 91.3 Å². The Kier molecular flexibility index (Phi) is 10.7. The number of allylic oxidation sites excluding steroid dienone is 2. The number of methoxy groups -OCH3 is 2. The Balaban J connectivity index is 1.82. The van der Waals surface area contributed by atoms with E-state index >= 15 is 0 Å². The Morgan fingerprint density at radius 3 is 2.33 bits per heavy atom. The summed E-state index contributed by atoms with van der Waals surface area (Å²) in [4.78, 5) is 16.1. The molecule has 39 heavy (non-hydrogen) atoms. The Morgan fingerprint density at radius 1 is 1.08 bits per heavy atom. The molecule has 0 fully saturated rings. The molecule has 10 heteroatoms. The van der Waals surface area contributed by atoms with Crippen molar-refractivity contribution in [3.05, 3.63) is 124 Å². The van der Waals surface area contributed by atoms with E-state index in [0.29, 0.717) is 38.2 Å². The van der Waals surface area contributed by atoms with Gasteiger partial charge in [0.25, 0.3) is 0 Å². The number of carbonyl (C=O) groups is 1. The van der Waals surface area contributed by atoms with Crippen LogP contribution in [-0.4, -0.2) is 30.4 Å². The first kappa shape index (κ1) is 29.4. The molecule has 0 saturated carbocycles. The van der Waals surface area contributed by atoms with Gasteiger partial charge < -0.3 is 29.7 Å². The number of rotatable bonds is 12. The van der Waals surface area contributed by atoms with E-state index in [1.54, 1.807) is 54.9 Å². The fourth-order valence-corrected chi connectivity index (χ4v) is 4.23. The number of esters is 1. The summed E-state index contributed by atoms with van der Waals surface area (Å²) >= 11 is 12.8. The number of carbonyl (C=O) groups excluding carboxylic acids is 1. The Bertz CT molecular complexity index is 1350. The zero-order valence-corrected chi connectivity index (χ0v) is 22.9. The summed E-state index contributed by atoms with van der Waals surface area (Å²) in [5.74, 6) is 0.308. The SMILES string of the molecule is C=C/C=C(O)\C(=C\O)NCc1ccc(C(=O)O[C@@H](Cc2c(Cl)c[nH+]cc2Cl)c2ccc(OC)c(OC)c2)cc1. The third-order valence-corrected chi connectivity index (χ3v) is 6.44. The van der Waals surface area contributed by atoms with Crippen molar-refractivity contribution in [3.8, 4) is 11.5 Å². The van der Waals surface area contributed by atoms with E-state index in [9.17, 15) is 15.0 Å². The van der Waals surface area contributed by atoms with Crippen molar-refractivity contribution in [1.82, 2.24) is 5.32 Å². The lowest BCUT2D eigenvalue weighted by atomic mass is 10.0. The number of aromatic amines is 1. The van der Waals surface area contributed by atoms with Crippen LogP contribution in [0.3, 0.4) is 0 Å². The summed E-state index contributed by atoms with van der Waals surface area (Å²) in [6, 6.07) is 12.0. The monoisotopic (exact) mass is 571 g/mol. The van der Waals surface area contributed by atoms with Crippen LogP contribution < -0.4 is 19.8 Å². The molecule has 0 aliphatic carbocycles. The number of aliphatic hydroxyl groups excluding tert-OH is 2. The molecule has 1 aromatic heterocycles. The van der Waals surface area contributed by atoms with Crippen molar-refractivity contribution < 1.29 is 34.2 Å². The highest BCUT2D eigenvalue weighted by Gasteiger charge is 2.24. The zero-order valence-electron chi connectivity index (χ0n) is 21.4. The second-order valence-corrected chi connectivity index (χ2v) is 9.04. The van der Waals surface area contributed by atoms with Crippen LogP contribution in [0, 0.1) is 0 Å². The van der Waals surface area contributed by atoms with Gasteiger partial charge in [0.05, 0.1) is 19.8 Å². The number of hydrogen-bond donors (Lipinski definition) is 3. The summed E-state index contributed by atoms with van der Waals surface area (Å²) in [5.41, 5.74) is 2.54. The topological polar surface area (TPSA) is 111 Å². The molecule has 0 aliphatic rings. The number of hydrogen-bond acceptors (Lipinski definition) is 7. The van der Waals surface area contributed by atoms with Gasteiger partial charge in [-0.25, -0.2) is 9.78 Å². The molecule has 0 amide bonds. The van der Waals surface area contributed by atoms with Crippen molar-refractivity contribution in [1.29, 1.82) is 0 Å². The molecule has 4 N–H and O–H groups in total. The Morgan fingerprint density at radius 2 is 1.74 bits per heavy atom. The van der Waals surface area contributed by atoms with Gasteiger partial charge in [-0.3, -0.25) is 0 Å². The maximum Gasteiger partial charge on any atom is 0.338 e. The van der Waals surface area contributed by atoms with E-state index in [2.05, 4.69) is 16.9 Å². The molecule has 0 bridgehead atoms. The summed E-state index contributed by atoms with van der Waals surface area (Å²) in [6.07, 6.45) is 6.19. The highest BCUT2D eigenvalue weighted by atomic mass is 35.5. The minimum atomic E-state index is -0.743. The largest absolute Gasteiger partial charge is 0.513 e. The molecule has 0 spiro atoms. The number of aromatic nitrogens is 1. The predicted octanol–water partition coefficient (Wildman–Crippen LogP) is 6.08. The molecule has 8 nitrogen and oxygen atoms in total. The highest BCUT2D eigenvalue weighted by Crippen LogP contribution is 2.35. The number of aliphatic hydroxyl groups is 2. The van der Waals surface area contributed by atoms with Crippen LogP contribution in [0.25, 0.3) is 0 Å². The fraction of sp³-hybridized carbons (Fsp3) is 0.172. The molecule has 3 rings (SSSR count). The van der Waals surface area contributed by atoms with Crippen molar-refractivity contribution >= 4 is 29.2 Å². The van der Waals surface area contributed by atoms with Crippen molar-refractivity contribution in [2.45, 2.75) is 19.1 Å². The lowest BCUT2D eigenvalue weighted by Crippen LogP contribution is -2.16. The molecule has 2 aromatic carbocycles. The average Bonchev–Trinajstić information content (AvgIpc) is 2.94. The van der Waals surface area contributed by atoms with Crippen LogP contribution in [0.1, 0.15) is 33.2 Å². The van der Waals surface area contributed by atoms with E-state index in [1.807, 2.05) is 0 Å². The predicted molar refractivity (Wildman–Crippen MR) is 149 cm³/mol. The minimum Gasteiger partial charge on any atom is -0.513 e. The van der Waals surface area contributed by atoms with Gasteiger partial charge in [-0.05, 0) is 41.5 Å². The van der Waals surface area contributed by atoms with Crippen LogP contribution in [0.4, 0.5) is 0 Å². The summed E-state index contributed by atoms with van der Waals surface area (Å²) in [6.45, 7) is 3.79. The second kappa shape index (κ2) is 14.1. The van der Waals surface area contributed by atoms with E-state index in [-0.39, 0.29) is 24.4 Å². The first-order valence-corrected chi connectivity index (χ1v) is 12.5. The molecule has 0 radical (unpaired) electrons. The zero-order chi connectivity index (χ0) is 28.4. The number of benzene rings is 2. The standard InChI is InChI=1S/C29H28Cl2N2O6/c1-4-5-25(35)24(17-34)33-14-18-6-8-19(9-7-18)29(36)39-27(13-21-22(30)15-32-16-23(21)31)20-10-11-26(37-2)28(12-20)38-3/h4-12,15-17,27,33-35H,1,13-14H2,2-3H3/p+1/b24-17-,25-5+/t27-/m0/s1.